The summed E-state index contributed by atoms with van der Waals surface area (Å²) >= 11 is 0. The molecule has 1 heterocycles. The molecule has 5 atom stereocenters. The van der Waals surface area contributed by atoms with Crippen molar-refractivity contribution in [3.05, 3.63) is 29.8 Å². The number of hydrogen-bond donors (Lipinski definition) is 5. The van der Waals surface area contributed by atoms with Gasteiger partial charge in [0.15, 0.2) is 6.23 Å². The highest BCUT2D eigenvalue weighted by atomic mass is 19.1. The Hall–Kier alpha value is -1.32. The standard InChI is InChI=1S/C12H15F2NO5/c13-5-2-1-3-6(14)8(5)15-12-11(19)10(18)9(17)7(4-16)20-12/h1-3,7,9-12,15-19H,4H2/t7-,9-,10+,11-,12-/m1/s1. The molecule has 0 bridgehead atoms. The zero-order chi connectivity index (χ0) is 14.9. The topological polar surface area (TPSA) is 102 Å². The lowest BCUT2D eigenvalue weighted by Gasteiger charge is -2.40. The van der Waals surface area contributed by atoms with Crippen LogP contribution in [0.3, 0.4) is 0 Å². The van der Waals surface area contributed by atoms with E-state index in [-0.39, 0.29) is 0 Å². The average Bonchev–Trinajstić information content (AvgIpc) is 2.43. The molecule has 0 unspecified atom stereocenters. The Morgan fingerprint density at radius 2 is 1.65 bits per heavy atom. The number of anilines is 1. The van der Waals surface area contributed by atoms with E-state index in [0.29, 0.717) is 0 Å². The third-order valence-electron chi connectivity index (χ3n) is 3.14. The molecular formula is C12H15F2NO5. The van der Waals surface area contributed by atoms with E-state index in [1.165, 1.54) is 6.07 Å². The predicted molar refractivity (Wildman–Crippen MR) is 63.7 cm³/mol. The van der Waals surface area contributed by atoms with E-state index in [1.807, 2.05) is 0 Å². The van der Waals surface area contributed by atoms with Gasteiger partial charge in [0, 0.05) is 0 Å². The second kappa shape index (κ2) is 5.98. The van der Waals surface area contributed by atoms with Crippen LogP contribution >= 0.6 is 0 Å². The van der Waals surface area contributed by atoms with Crippen molar-refractivity contribution in [2.45, 2.75) is 30.6 Å². The van der Waals surface area contributed by atoms with E-state index in [9.17, 15) is 24.1 Å². The normalized spacial score (nSPS) is 34.0. The van der Waals surface area contributed by atoms with Gasteiger partial charge in [-0.1, -0.05) is 6.07 Å². The van der Waals surface area contributed by atoms with E-state index in [2.05, 4.69) is 5.32 Å². The Bertz CT molecular complexity index is 453. The minimum atomic E-state index is -1.62. The van der Waals surface area contributed by atoms with Crippen LogP contribution in [0.4, 0.5) is 14.5 Å². The Morgan fingerprint density at radius 3 is 2.20 bits per heavy atom. The molecular weight excluding hydrogens is 276 g/mol. The first-order valence-corrected chi connectivity index (χ1v) is 5.96. The molecule has 0 aromatic heterocycles. The summed E-state index contributed by atoms with van der Waals surface area (Å²) in [5.74, 6) is -1.80. The Balaban J connectivity index is 2.20. The van der Waals surface area contributed by atoms with Crippen molar-refractivity contribution < 1.29 is 33.9 Å². The Labute approximate surface area is 113 Å². The van der Waals surface area contributed by atoms with Gasteiger partial charge in [-0.05, 0) is 12.1 Å². The second-order valence-electron chi connectivity index (χ2n) is 4.49. The van der Waals surface area contributed by atoms with Gasteiger partial charge < -0.3 is 30.5 Å². The molecule has 1 aromatic carbocycles. The van der Waals surface area contributed by atoms with Crippen LogP contribution in [-0.2, 0) is 4.74 Å². The molecule has 1 fully saturated rings. The fourth-order valence-electron chi connectivity index (χ4n) is 2.00. The Kier molecular flexibility index (Phi) is 4.51. The van der Waals surface area contributed by atoms with Crippen molar-refractivity contribution in [1.82, 2.24) is 0 Å². The number of ether oxygens (including phenoxy) is 1. The maximum Gasteiger partial charge on any atom is 0.157 e. The quantitative estimate of drug-likeness (QED) is 0.498. The predicted octanol–water partition coefficient (Wildman–Crippen LogP) is -0.823. The number of rotatable bonds is 3. The summed E-state index contributed by atoms with van der Waals surface area (Å²) in [6.45, 7) is -0.622. The van der Waals surface area contributed by atoms with Crippen LogP contribution in [-0.4, -0.2) is 57.7 Å². The molecule has 20 heavy (non-hydrogen) atoms. The highest BCUT2D eigenvalue weighted by Crippen LogP contribution is 2.25. The first-order valence-electron chi connectivity index (χ1n) is 5.96. The fraction of sp³-hybridized carbons (Fsp3) is 0.500. The van der Waals surface area contributed by atoms with Crippen LogP contribution < -0.4 is 5.32 Å². The van der Waals surface area contributed by atoms with Crippen molar-refractivity contribution in [1.29, 1.82) is 0 Å². The SMILES string of the molecule is OC[C@H]1O[C@@H](Nc2c(F)cccc2F)[C@H](O)[C@@H](O)[C@@H]1O. The highest BCUT2D eigenvalue weighted by Gasteiger charge is 2.43. The molecule has 1 aliphatic heterocycles. The molecule has 0 spiro atoms. The minimum Gasteiger partial charge on any atom is -0.394 e. The van der Waals surface area contributed by atoms with Gasteiger partial charge in [0.25, 0.3) is 0 Å². The van der Waals surface area contributed by atoms with Gasteiger partial charge >= 0.3 is 0 Å². The molecule has 1 saturated heterocycles. The molecule has 5 N–H and O–H groups in total. The first-order chi connectivity index (χ1) is 9.45. The fourth-order valence-corrected chi connectivity index (χ4v) is 2.00. The van der Waals surface area contributed by atoms with Crippen LogP contribution in [0.15, 0.2) is 18.2 Å². The molecule has 0 aliphatic carbocycles. The van der Waals surface area contributed by atoms with Gasteiger partial charge in [0.1, 0.15) is 41.7 Å². The molecule has 0 amide bonds. The van der Waals surface area contributed by atoms with Gasteiger partial charge in [-0.25, -0.2) is 8.78 Å². The monoisotopic (exact) mass is 291 g/mol. The van der Waals surface area contributed by atoms with E-state index in [4.69, 9.17) is 9.84 Å². The van der Waals surface area contributed by atoms with Gasteiger partial charge in [-0.2, -0.15) is 0 Å². The number of nitrogens with one attached hydrogen (secondary N) is 1. The van der Waals surface area contributed by atoms with Crippen LogP contribution in [0.25, 0.3) is 0 Å². The third kappa shape index (κ3) is 2.74. The van der Waals surface area contributed by atoms with E-state index in [1.54, 1.807) is 0 Å². The van der Waals surface area contributed by atoms with Gasteiger partial charge in [0.05, 0.1) is 6.61 Å². The summed E-state index contributed by atoms with van der Waals surface area (Å²) in [5, 5.41) is 40.2. The van der Waals surface area contributed by atoms with Crippen molar-refractivity contribution in [3.63, 3.8) is 0 Å². The number of para-hydroxylation sites is 1. The zero-order valence-corrected chi connectivity index (χ0v) is 10.3. The molecule has 1 aromatic rings. The van der Waals surface area contributed by atoms with Gasteiger partial charge in [-0.15, -0.1) is 0 Å². The number of halogens is 2. The number of hydrogen-bond acceptors (Lipinski definition) is 6. The van der Waals surface area contributed by atoms with Crippen LogP contribution in [0.5, 0.6) is 0 Å². The minimum absolute atomic E-state index is 0.531. The van der Waals surface area contributed by atoms with Crippen molar-refractivity contribution in [2.24, 2.45) is 0 Å². The van der Waals surface area contributed by atoms with Gasteiger partial charge in [0.2, 0.25) is 0 Å². The third-order valence-corrected chi connectivity index (χ3v) is 3.14. The maximum absolute atomic E-state index is 13.5. The van der Waals surface area contributed by atoms with Crippen molar-refractivity contribution >= 4 is 5.69 Å². The molecule has 2 rings (SSSR count). The molecule has 6 nitrogen and oxygen atoms in total. The first kappa shape index (κ1) is 15.1. The van der Waals surface area contributed by atoms with Crippen molar-refractivity contribution in [2.75, 3.05) is 11.9 Å². The average molecular weight is 291 g/mol. The molecule has 1 aliphatic rings. The lowest BCUT2D eigenvalue weighted by atomic mass is 9.98. The van der Waals surface area contributed by atoms with E-state index in [0.717, 1.165) is 12.1 Å². The summed E-state index contributed by atoms with van der Waals surface area (Å²) in [4.78, 5) is 0. The lowest BCUT2D eigenvalue weighted by molar-refractivity contribution is -0.221. The molecule has 0 saturated carbocycles. The summed E-state index contributed by atoms with van der Waals surface area (Å²) in [7, 11) is 0. The van der Waals surface area contributed by atoms with Gasteiger partial charge in [-0.3, -0.25) is 0 Å². The summed E-state index contributed by atoms with van der Waals surface area (Å²) in [5.41, 5.74) is -0.531. The molecule has 0 radical (unpaired) electrons. The maximum atomic E-state index is 13.5. The Morgan fingerprint density at radius 1 is 1.05 bits per heavy atom. The molecule has 8 heteroatoms. The smallest absolute Gasteiger partial charge is 0.157 e. The number of benzene rings is 1. The second-order valence-corrected chi connectivity index (χ2v) is 4.49. The summed E-state index contributed by atoms with van der Waals surface area (Å²) in [6.07, 6.45) is -7.30. The molecule has 112 valence electrons. The largest absolute Gasteiger partial charge is 0.394 e. The lowest BCUT2D eigenvalue weighted by Crippen LogP contribution is -2.60. The summed E-state index contributed by atoms with van der Waals surface area (Å²) < 4.78 is 32.1. The van der Waals surface area contributed by atoms with Crippen LogP contribution in [0.1, 0.15) is 0 Å². The highest BCUT2D eigenvalue weighted by molar-refractivity contribution is 5.46. The number of aliphatic hydroxyl groups is 4. The van der Waals surface area contributed by atoms with Crippen LogP contribution in [0, 0.1) is 11.6 Å². The number of aliphatic hydroxyl groups excluding tert-OH is 4. The zero-order valence-electron chi connectivity index (χ0n) is 10.3. The van der Waals surface area contributed by atoms with E-state index >= 15 is 0 Å². The van der Waals surface area contributed by atoms with Crippen LogP contribution in [0.2, 0.25) is 0 Å². The summed E-state index contributed by atoms with van der Waals surface area (Å²) in [6, 6.07) is 3.19. The van der Waals surface area contributed by atoms with Crippen molar-refractivity contribution in [3.8, 4) is 0 Å². The van der Waals surface area contributed by atoms with E-state index < -0.39 is 54.6 Å².